The lowest BCUT2D eigenvalue weighted by atomic mass is 10.1. The molecule has 0 bridgehead atoms. The van der Waals surface area contributed by atoms with E-state index in [0.717, 1.165) is 27.7 Å². The molecule has 1 N–H and O–H groups in total. The van der Waals surface area contributed by atoms with E-state index >= 15 is 0 Å². The minimum Gasteiger partial charge on any atom is -0.462 e. The first kappa shape index (κ1) is 20.9. The third-order valence-electron chi connectivity index (χ3n) is 4.90. The molecule has 7 nitrogen and oxygen atoms in total. The molecule has 2 heterocycles. The van der Waals surface area contributed by atoms with Crippen LogP contribution in [-0.4, -0.2) is 38.8 Å². The van der Waals surface area contributed by atoms with Crippen LogP contribution in [0.3, 0.4) is 0 Å². The van der Waals surface area contributed by atoms with E-state index in [4.69, 9.17) is 4.74 Å². The largest absolute Gasteiger partial charge is 0.462 e. The number of carbonyl (C=O) groups excluding carboxylic acids is 2. The van der Waals surface area contributed by atoms with E-state index in [1.165, 1.54) is 11.8 Å². The van der Waals surface area contributed by atoms with Crippen molar-refractivity contribution in [1.82, 2.24) is 14.6 Å². The number of anilines is 1. The van der Waals surface area contributed by atoms with Crippen molar-refractivity contribution in [1.29, 1.82) is 0 Å². The molecule has 0 saturated heterocycles. The number of rotatable bonds is 6. The molecule has 2 aromatic carbocycles. The van der Waals surface area contributed by atoms with Crippen molar-refractivity contribution in [2.75, 3.05) is 17.7 Å². The van der Waals surface area contributed by atoms with E-state index in [2.05, 4.69) is 41.5 Å². The van der Waals surface area contributed by atoms with Gasteiger partial charge in [0.25, 0.3) is 0 Å². The summed E-state index contributed by atoms with van der Waals surface area (Å²) in [5, 5.41) is 13.2. The third-order valence-corrected chi connectivity index (χ3v) is 5.83. The van der Waals surface area contributed by atoms with Gasteiger partial charge in [-0.2, -0.15) is 0 Å². The summed E-state index contributed by atoms with van der Waals surface area (Å²) in [6, 6.07) is 14.8. The second kappa shape index (κ2) is 8.77. The van der Waals surface area contributed by atoms with E-state index < -0.39 is 0 Å². The van der Waals surface area contributed by atoms with Crippen LogP contribution in [0.1, 0.15) is 28.4 Å². The highest BCUT2D eigenvalue weighted by Gasteiger charge is 2.15. The van der Waals surface area contributed by atoms with Gasteiger partial charge in [-0.15, -0.1) is 10.2 Å². The van der Waals surface area contributed by atoms with Gasteiger partial charge in [-0.05, 0) is 62.2 Å². The SMILES string of the molecule is CCOC(=O)c1ccc(NC(=O)CSc2nnc3cc(C)c4cccc(C)c4n23)cc1. The summed E-state index contributed by atoms with van der Waals surface area (Å²) in [6.45, 7) is 6.19. The second-order valence-corrected chi connectivity index (χ2v) is 8.05. The number of amides is 1. The van der Waals surface area contributed by atoms with Gasteiger partial charge in [0.15, 0.2) is 10.8 Å². The minimum atomic E-state index is -0.382. The molecule has 0 aliphatic carbocycles. The highest BCUT2D eigenvalue weighted by atomic mass is 32.2. The van der Waals surface area contributed by atoms with Crippen molar-refractivity contribution < 1.29 is 14.3 Å². The smallest absolute Gasteiger partial charge is 0.338 e. The number of fused-ring (bicyclic) bond motifs is 3. The van der Waals surface area contributed by atoms with Crippen molar-refractivity contribution in [3.63, 3.8) is 0 Å². The molecule has 0 aliphatic rings. The van der Waals surface area contributed by atoms with Gasteiger partial charge in [-0.3, -0.25) is 9.20 Å². The van der Waals surface area contributed by atoms with Gasteiger partial charge in [0.2, 0.25) is 5.91 Å². The standard InChI is InChI=1S/C23H22N4O3S/c1-4-30-22(29)16-8-10-17(11-9-16)24-20(28)13-31-23-26-25-19-12-15(3)18-7-5-6-14(2)21(18)27(19)23/h5-12H,4,13H2,1-3H3,(H,24,28). The van der Waals surface area contributed by atoms with E-state index in [-0.39, 0.29) is 17.6 Å². The van der Waals surface area contributed by atoms with Crippen molar-refractivity contribution >= 4 is 45.9 Å². The zero-order valence-corrected chi connectivity index (χ0v) is 18.3. The minimum absolute atomic E-state index is 0.168. The number of thioether (sulfide) groups is 1. The molecule has 4 rings (SSSR count). The Labute approximate surface area is 183 Å². The highest BCUT2D eigenvalue weighted by molar-refractivity contribution is 7.99. The molecule has 8 heteroatoms. The topological polar surface area (TPSA) is 85.6 Å². The van der Waals surface area contributed by atoms with Crippen LogP contribution in [0, 0.1) is 13.8 Å². The zero-order chi connectivity index (χ0) is 22.0. The Morgan fingerprint density at radius 2 is 1.84 bits per heavy atom. The van der Waals surface area contributed by atoms with E-state index in [1.54, 1.807) is 31.2 Å². The van der Waals surface area contributed by atoms with Crippen molar-refractivity contribution in [3.05, 3.63) is 65.2 Å². The monoisotopic (exact) mass is 434 g/mol. The predicted molar refractivity (Wildman–Crippen MR) is 122 cm³/mol. The zero-order valence-electron chi connectivity index (χ0n) is 17.5. The number of carbonyl (C=O) groups is 2. The quantitative estimate of drug-likeness (QED) is 0.357. The number of aryl methyl sites for hydroxylation is 2. The van der Waals surface area contributed by atoms with Gasteiger partial charge in [-0.1, -0.05) is 30.0 Å². The van der Waals surface area contributed by atoms with Crippen LogP contribution in [-0.2, 0) is 9.53 Å². The maximum Gasteiger partial charge on any atom is 0.338 e. The molecule has 1 amide bonds. The highest BCUT2D eigenvalue weighted by Crippen LogP contribution is 2.28. The summed E-state index contributed by atoms with van der Waals surface area (Å²) in [5.41, 5.74) is 5.14. The Kier molecular flexibility index (Phi) is 5.90. The molecule has 158 valence electrons. The number of hydrogen-bond acceptors (Lipinski definition) is 6. The Bertz CT molecular complexity index is 1280. The van der Waals surface area contributed by atoms with Crippen molar-refractivity contribution in [3.8, 4) is 0 Å². The van der Waals surface area contributed by atoms with Gasteiger partial charge in [0, 0.05) is 11.1 Å². The maximum atomic E-state index is 12.5. The number of ether oxygens (including phenoxy) is 1. The van der Waals surface area contributed by atoms with Crippen LogP contribution in [0.5, 0.6) is 0 Å². The molecule has 31 heavy (non-hydrogen) atoms. The maximum absolute atomic E-state index is 12.5. The fraction of sp³-hybridized carbons (Fsp3) is 0.217. The summed E-state index contributed by atoms with van der Waals surface area (Å²) < 4.78 is 6.97. The second-order valence-electron chi connectivity index (χ2n) is 7.11. The van der Waals surface area contributed by atoms with Crippen LogP contribution >= 0.6 is 11.8 Å². The molecule has 0 atom stereocenters. The molecule has 0 spiro atoms. The van der Waals surface area contributed by atoms with Crippen LogP contribution < -0.4 is 5.32 Å². The predicted octanol–water partition coefficient (Wildman–Crippen LogP) is 4.41. The number of nitrogens with zero attached hydrogens (tertiary/aromatic N) is 3. The summed E-state index contributed by atoms with van der Waals surface area (Å²) >= 11 is 1.33. The lowest BCUT2D eigenvalue weighted by Crippen LogP contribution is -2.14. The molecule has 0 fully saturated rings. The Balaban J connectivity index is 1.49. The average molecular weight is 435 g/mol. The normalized spacial score (nSPS) is 11.1. The number of pyridine rings is 1. The summed E-state index contributed by atoms with van der Waals surface area (Å²) in [6.07, 6.45) is 0. The molecule has 2 aromatic heterocycles. The van der Waals surface area contributed by atoms with E-state index in [0.29, 0.717) is 23.0 Å². The van der Waals surface area contributed by atoms with Crippen molar-refractivity contribution in [2.45, 2.75) is 25.9 Å². The van der Waals surface area contributed by atoms with Gasteiger partial charge in [0.05, 0.1) is 23.4 Å². The van der Waals surface area contributed by atoms with Gasteiger partial charge in [0.1, 0.15) is 0 Å². The lowest BCUT2D eigenvalue weighted by molar-refractivity contribution is -0.113. The molecule has 0 radical (unpaired) electrons. The molecule has 0 saturated carbocycles. The first-order valence-electron chi connectivity index (χ1n) is 9.92. The van der Waals surface area contributed by atoms with Gasteiger partial charge >= 0.3 is 5.97 Å². The Morgan fingerprint density at radius 1 is 1.06 bits per heavy atom. The number of para-hydroxylation sites is 1. The first-order valence-corrected chi connectivity index (χ1v) is 10.9. The molecular formula is C23H22N4O3S. The molecular weight excluding hydrogens is 412 g/mol. The third kappa shape index (κ3) is 4.25. The first-order chi connectivity index (χ1) is 15.0. The van der Waals surface area contributed by atoms with Crippen LogP contribution in [0.4, 0.5) is 5.69 Å². The van der Waals surface area contributed by atoms with E-state index in [9.17, 15) is 9.59 Å². The van der Waals surface area contributed by atoms with Gasteiger partial charge < -0.3 is 10.1 Å². The number of benzene rings is 2. The summed E-state index contributed by atoms with van der Waals surface area (Å²) in [7, 11) is 0. The fourth-order valence-corrected chi connectivity index (χ4v) is 4.20. The molecule has 0 unspecified atom stereocenters. The molecule has 0 aliphatic heterocycles. The number of esters is 1. The summed E-state index contributed by atoms with van der Waals surface area (Å²) in [5.74, 6) is -0.368. The number of aromatic nitrogens is 3. The average Bonchev–Trinajstić information content (AvgIpc) is 3.15. The Morgan fingerprint density at radius 3 is 2.58 bits per heavy atom. The van der Waals surface area contributed by atoms with Crippen LogP contribution in [0.15, 0.2) is 53.7 Å². The van der Waals surface area contributed by atoms with Gasteiger partial charge in [-0.25, -0.2) is 4.79 Å². The van der Waals surface area contributed by atoms with Crippen molar-refractivity contribution in [2.24, 2.45) is 0 Å². The van der Waals surface area contributed by atoms with Crippen LogP contribution in [0.25, 0.3) is 16.6 Å². The molecule has 4 aromatic rings. The lowest BCUT2D eigenvalue weighted by Gasteiger charge is -2.10. The number of nitrogens with one attached hydrogen (secondary N) is 1. The number of hydrogen-bond donors (Lipinski definition) is 1. The fourth-order valence-electron chi connectivity index (χ4n) is 3.46. The Hall–Kier alpha value is -3.39. The summed E-state index contributed by atoms with van der Waals surface area (Å²) in [4.78, 5) is 24.2. The van der Waals surface area contributed by atoms with Crippen LogP contribution in [0.2, 0.25) is 0 Å². The van der Waals surface area contributed by atoms with E-state index in [1.807, 2.05) is 16.5 Å².